The first kappa shape index (κ1) is 23.6. The smallest absolute Gasteiger partial charge is 0.257 e. The van der Waals surface area contributed by atoms with Gasteiger partial charge in [0.15, 0.2) is 11.5 Å². The molecule has 3 aromatic carbocycles. The van der Waals surface area contributed by atoms with E-state index in [2.05, 4.69) is 15.6 Å². The largest absolute Gasteiger partial charge is 0.493 e. The molecule has 0 unspecified atom stereocenters. The van der Waals surface area contributed by atoms with Gasteiger partial charge in [0.1, 0.15) is 11.5 Å². The molecule has 0 saturated carbocycles. The van der Waals surface area contributed by atoms with Crippen LogP contribution in [0, 0.1) is 0 Å². The molecule has 0 aromatic heterocycles. The van der Waals surface area contributed by atoms with Crippen molar-refractivity contribution in [2.24, 2.45) is 4.99 Å². The fourth-order valence-corrected chi connectivity index (χ4v) is 3.70. The number of carbonyl (C=O) groups excluding carboxylic acids is 2. The van der Waals surface area contributed by atoms with Gasteiger partial charge in [-0.3, -0.25) is 20.2 Å². The lowest BCUT2D eigenvalue weighted by Crippen LogP contribution is -2.47. The molecule has 0 spiro atoms. The highest BCUT2D eigenvalue weighted by Gasteiger charge is 2.28. The van der Waals surface area contributed by atoms with Gasteiger partial charge in [0.05, 0.1) is 33.8 Å². The average molecular weight is 476 g/mol. The molecule has 3 aromatic rings. The number of nitrogens with zero attached hydrogens (tertiary/aromatic N) is 1. The van der Waals surface area contributed by atoms with Crippen molar-refractivity contribution in [2.75, 3.05) is 21.3 Å². The normalized spacial score (nSPS) is 14.9. The minimum Gasteiger partial charge on any atom is -0.493 e. The zero-order chi connectivity index (χ0) is 24.8. The van der Waals surface area contributed by atoms with Crippen LogP contribution in [0.5, 0.6) is 28.7 Å². The maximum absolute atomic E-state index is 12.8. The van der Waals surface area contributed by atoms with Gasteiger partial charge < -0.3 is 18.9 Å². The molecule has 0 radical (unpaired) electrons. The summed E-state index contributed by atoms with van der Waals surface area (Å²) in [7, 11) is 4.53. The van der Waals surface area contributed by atoms with Crippen molar-refractivity contribution in [1.29, 1.82) is 0 Å². The summed E-state index contributed by atoms with van der Waals surface area (Å²) in [6.45, 7) is 0. The van der Waals surface area contributed by atoms with E-state index in [1.807, 2.05) is 30.3 Å². The first-order valence-electron chi connectivity index (χ1n) is 10.8. The van der Waals surface area contributed by atoms with Gasteiger partial charge in [-0.05, 0) is 48.5 Å². The van der Waals surface area contributed by atoms with Crippen molar-refractivity contribution >= 4 is 17.8 Å². The number of nitrogens with one attached hydrogen (secondary N) is 2. The minimum atomic E-state index is -0.588. The molecule has 2 N–H and O–H groups in total. The number of carbonyl (C=O) groups is 2. The SMILES string of the molecule is COc1ccc([C@@H]2CC(=O)NC(NC(=O)c3ccc(Oc4ccccc4)cc3)=N2)c(OC)c1OC. The molecule has 1 heterocycles. The number of hydrogen-bond acceptors (Lipinski definition) is 7. The summed E-state index contributed by atoms with van der Waals surface area (Å²) >= 11 is 0. The Hall–Kier alpha value is -4.53. The minimum absolute atomic E-state index is 0.0534. The van der Waals surface area contributed by atoms with Gasteiger partial charge in [0.2, 0.25) is 17.6 Å². The zero-order valence-corrected chi connectivity index (χ0v) is 19.5. The molecular formula is C26H25N3O6. The summed E-state index contributed by atoms with van der Waals surface area (Å²) in [6.07, 6.45) is 0.0801. The lowest BCUT2D eigenvalue weighted by Gasteiger charge is -2.24. The molecule has 1 atom stereocenters. The molecule has 0 saturated heterocycles. The van der Waals surface area contributed by atoms with Gasteiger partial charge in [-0.25, -0.2) is 4.99 Å². The summed E-state index contributed by atoms with van der Waals surface area (Å²) in [5.74, 6) is 1.94. The monoisotopic (exact) mass is 475 g/mol. The first-order valence-corrected chi connectivity index (χ1v) is 10.8. The van der Waals surface area contributed by atoms with E-state index in [1.54, 1.807) is 36.4 Å². The Morgan fingerprint density at radius 2 is 1.57 bits per heavy atom. The fraction of sp³-hybridized carbons (Fsp3) is 0.192. The highest BCUT2D eigenvalue weighted by molar-refractivity contribution is 6.10. The van der Waals surface area contributed by atoms with Crippen LogP contribution in [-0.4, -0.2) is 39.1 Å². The van der Waals surface area contributed by atoms with Crippen LogP contribution in [0.3, 0.4) is 0 Å². The predicted octanol–water partition coefficient (Wildman–Crippen LogP) is 3.85. The first-order chi connectivity index (χ1) is 17.0. The van der Waals surface area contributed by atoms with Crippen LogP contribution in [0.15, 0.2) is 71.7 Å². The van der Waals surface area contributed by atoms with E-state index in [-0.39, 0.29) is 18.3 Å². The van der Waals surface area contributed by atoms with Gasteiger partial charge in [-0.1, -0.05) is 18.2 Å². The molecule has 9 nitrogen and oxygen atoms in total. The maximum atomic E-state index is 12.8. The molecule has 4 rings (SSSR count). The summed E-state index contributed by atoms with van der Waals surface area (Å²) in [4.78, 5) is 29.7. The molecular weight excluding hydrogens is 450 g/mol. The number of guanidine groups is 1. The summed E-state index contributed by atoms with van der Waals surface area (Å²) in [5, 5.41) is 5.27. The van der Waals surface area contributed by atoms with E-state index in [0.717, 1.165) is 0 Å². The van der Waals surface area contributed by atoms with E-state index >= 15 is 0 Å². The number of amides is 2. The standard InChI is InChI=1S/C26H25N3O6/c1-32-21-14-13-19(23(33-2)24(21)34-3)20-15-22(30)28-26(27-20)29-25(31)16-9-11-18(12-10-16)35-17-7-5-4-6-8-17/h4-14,20H,15H2,1-3H3,(H2,27,28,29,30,31)/t20-/m0/s1. The number of hydrogen-bond donors (Lipinski definition) is 2. The zero-order valence-electron chi connectivity index (χ0n) is 19.5. The number of ether oxygens (including phenoxy) is 4. The molecule has 35 heavy (non-hydrogen) atoms. The van der Waals surface area contributed by atoms with Gasteiger partial charge in [-0.15, -0.1) is 0 Å². The molecule has 0 bridgehead atoms. The lowest BCUT2D eigenvalue weighted by atomic mass is 10.0. The van der Waals surface area contributed by atoms with Gasteiger partial charge in [0.25, 0.3) is 5.91 Å². The van der Waals surface area contributed by atoms with Crippen LogP contribution < -0.4 is 29.6 Å². The predicted molar refractivity (Wildman–Crippen MR) is 129 cm³/mol. The average Bonchev–Trinajstić information content (AvgIpc) is 2.88. The van der Waals surface area contributed by atoms with Crippen molar-refractivity contribution < 1.29 is 28.5 Å². The molecule has 1 aliphatic rings. The Bertz CT molecular complexity index is 1240. The number of aliphatic imine (C=N–C) groups is 1. The lowest BCUT2D eigenvalue weighted by molar-refractivity contribution is -0.120. The van der Waals surface area contributed by atoms with Crippen LogP contribution in [0.4, 0.5) is 0 Å². The third kappa shape index (κ3) is 5.35. The van der Waals surface area contributed by atoms with Crippen LogP contribution in [0.2, 0.25) is 0 Å². The van der Waals surface area contributed by atoms with Gasteiger partial charge in [-0.2, -0.15) is 0 Å². The third-order valence-corrected chi connectivity index (χ3v) is 5.34. The maximum Gasteiger partial charge on any atom is 0.257 e. The van der Waals surface area contributed by atoms with Crippen molar-refractivity contribution in [3.05, 3.63) is 77.9 Å². The molecule has 2 amide bonds. The van der Waals surface area contributed by atoms with Gasteiger partial charge >= 0.3 is 0 Å². The van der Waals surface area contributed by atoms with Crippen LogP contribution in [-0.2, 0) is 4.79 Å². The molecule has 0 fully saturated rings. The number of benzene rings is 3. The topological polar surface area (TPSA) is 107 Å². The number of methoxy groups -OCH3 is 3. The highest BCUT2D eigenvalue weighted by atomic mass is 16.5. The Morgan fingerprint density at radius 1 is 0.886 bits per heavy atom. The fourth-order valence-electron chi connectivity index (χ4n) is 3.70. The number of rotatable bonds is 7. The van der Waals surface area contributed by atoms with Crippen LogP contribution in [0.25, 0.3) is 0 Å². The summed E-state index contributed by atoms with van der Waals surface area (Å²) < 4.78 is 22.0. The second-order valence-electron chi connectivity index (χ2n) is 7.56. The summed E-state index contributed by atoms with van der Waals surface area (Å²) in [5.41, 5.74) is 1.02. The van der Waals surface area contributed by atoms with Gasteiger partial charge in [0, 0.05) is 11.1 Å². The van der Waals surface area contributed by atoms with Crippen LogP contribution in [0.1, 0.15) is 28.4 Å². The van der Waals surface area contributed by atoms with Crippen molar-refractivity contribution in [3.8, 4) is 28.7 Å². The van der Waals surface area contributed by atoms with E-state index in [4.69, 9.17) is 18.9 Å². The quantitative estimate of drug-likeness (QED) is 0.538. The van der Waals surface area contributed by atoms with Crippen molar-refractivity contribution in [1.82, 2.24) is 10.6 Å². The Balaban J connectivity index is 1.52. The summed E-state index contributed by atoms with van der Waals surface area (Å²) in [6, 6.07) is 18.9. The Labute approximate surface area is 202 Å². The van der Waals surface area contributed by atoms with Crippen molar-refractivity contribution in [3.63, 3.8) is 0 Å². The second kappa shape index (κ2) is 10.6. The Morgan fingerprint density at radius 3 is 2.23 bits per heavy atom. The molecule has 180 valence electrons. The van der Waals surface area contributed by atoms with Crippen molar-refractivity contribution in [2.45, 2.75) is 12.5 Å². The molecule has 9 heteroatoms. The van der Waals surface area contributed by atoms with E-state index in [9.17, 15) is 9.59 Å². The molecule has 1 aliphatic heterocycles. The second-order valence-corrected chi connectivity index (χ2v) is 7.56. The Kier molecular flexibility index (Phi) is 7.15. The highest BCUT2D eigenvalue weighted by Crippen LogP contribution is 2.44. The van der Waals surface area contributed by atoms with E-state index < -0.39 is 11.9 Å². The number of para-hydroxylation sites is 1. The van der Waals surface area contributed by atoms with E-state index in [0.29, 0.717) is 39.9 Å². The molecule has 0 aliphatic carbocycles. The third-order valence-electron chi connectivity index (χ3n) is 5.34. The van der Waals surface area contributed by atoms with Crippen LogP contribution >= 0.6 is 0 Å². The van der Waals surface area contributed by atoms with E-state index in [1.165, 1.54) is 21.3 Å².